The Bertz CT molecular complexity index is 1260. The predicted octanol–water partition coefficient (Wildman–Crippen LogP) is 2.64. The van der Waals surface area contributed by atoms with Crippen LogP contribution in [0.2, 0.25) is 0 Å². The van der Waals surface area contributed by atoms with E-state index in [-0.39, 0.29) is 19.4 Å². The fourth-order valence-corrected chi connectivity index (χ4v) is 5.12. The summed E-state index contributed by atoms with van der Waals surface area (Å²) in [6.45, 7) is -0.374. The number of amides is 1. The lowest BCUT2D eigenvalue weighted by atomic mass is 10.1. The van der Waals surface area contributed by atoms with Gasteiger partial charge in [-0.3, -0.25) is 10.0 Å². The van der Waals surface area contributed by atoms with Crippen molar-refractivity contribution in [2.75, 3.05) is 6.54 Å². The van der Waals surface area contributed by atoms with Gasteiger partial charge in [-0.15, -0.1) is 0 Å². The minimum atomic E-state index is -4.71. The Morgan fingerprint density at radius 1 is 0.778 bits per heavy atom. The average Bonchev–Trinajstić information content (AvgIpc) is 2.79. The largest absolute Gasteiger partial charge is 0.416 e. The maximum absolute atomic E-state index is 12.7. The molecule has 17 heteroatoms. The Hall–Kier alpha value is -2.73. The molecule has 0 heterocycles. The van der Waals surface area contributed by atoms with Crippen LogP contribution in [0.25, 0.3) is 0 Å². The quantitative estimate of drug-likeness (QED) is 0.152. The number of hydrogen-bond acceptors (Lipinski definition) is 6. The summed E-state index contributed by atoms with van der Waals surface area (Å²) in [7, 11) is -8.76. The van der Waals surface area contributed by atoms with Crippen molar-refractivity contribution in [2.24, 2.45) is 0 Å². The van der Waals surface area contributed by atoms with Crippen molar-refractivity contribution >= 4 is 26.0 Å². The number of halogens is 6. The van der Waals surface area contributed by atoms with Crippen LogP contribution in [-0.4, -0.2) is 40.5 Å². The molecule has 36 heavy (non-hydrogen) atoms. The first-order chi connectivity index (χ1) is 16.5. The monoisotopic (exact) mass is 563 g/mol. The van der Waals surface area contributed by atoms with Gasteiger partial charge in [-0.1, -0.05) is 0 Å². The summed E-state index contributed by atoms with van der Waals surface area (Å²) in [5.41, 5.74) is -0.938. The van der Waals surface area contributed by atoms with Crippen LogP contribution in [0.4, 0.5) is 26.3 Å². The lowest BCUT2D eigenvalue weighted by molar-refractivity contribution is -0.138. The van der Waals surface area contributed by atoms with Gasteiger partial charge in [0, 0.05) is 6.54 Å². The number of carbonyl (C=O) groups is 1. The molecule has 0 unspecified atom stereocenters. The SMILES string of the molecule is O=C(NO)[C@H](CCCNS(=O)(=O)c1ccc(C(F)(F)F)cc1)NS(=O)(=O)c1ccc(C(F)(F)F)cc1. The number of carbonyl (C=O) groups excluding carboxylic acids is 1. The van der Waals surface area contributed by atoms with Crippen molar-refractivity contribution in [3.05, 3.63) is 59.7 Å². The van der Waals surface area contributed by atoms with Crippen LogP contribution in [0.1, 0.15) is 24.0 Å². The van der Waals surface area contributed by atoms with Gasteiger partial charge in [0.25, 0.3) is 5.91 Å². The van der Waals surface area contributed by atoms with Crippen LogP contribution in [0.15, 0.2) is 58.3 Å². The molecular formula is C19H19F6N3O6S2. The van der Waals surface area contributed by atoms with Gasteiger partial charge in [-0.25, -0.2) is 27.0 Å². The van der Waals surface area contributed by atoms with Gasteiger partial charge in [-0.2, -0.15) is 31.1 Å². The van der Waals surface area contributed by atoms with E-state index in [4.69, 9.17) is 5.21 Å². The van der Waals surface area contributed by atoms with Crippen molar-refractivity contribution in [1.82, 2.24) is 14.9 Å². The molecule has 0 aliphatic rings. The minimum absolute atomic E-state index is 0.187. The lowest BCUT2D eigenvalue weighted by Crippen LogP contribution is -2.46. The van der Waals surface area contributed by atoms with Crippen LogP contribution >= 0.6 is 0 Å². The van der Waals surface area contributed by atoms with Crippen molar-refractivity contribution in [3.8, 4) is 0 Å². The van der Waals surface area contributed by atoms with Crippen LogP contribution < -0.4 is 14.9 Å². The number of hydroxylamine groups is 1. The second kappa shape index (κ2) is 11.1. The zero-order chi connectivity index (χ0) is 27.4. The first kappa shape index (κ1) is 29.5. The smallest absolute Gasteiger partial charge is 0.289 e. The third kappa shape index (κ3) is 7.89. The molecule has 2 rings (SSSR count). The zero-order valence-corrected chi connectivity index (χ0v) is 19.5. The number of rotatable bonds is 10. The second-order valence-corrected chi connectivity index (χ2v) is 10.7. The Kier molecular flexibility index (Phi) is 9.11. The molecule has 0 saturated heterocycles. The van der Waals surface area contributed by atoms with Gasteiger partial charge >= 0.3 is 12.4 Å². The Balaban J connectivity index is 2.03. The van der Waals surface area contributed by atoms with Crippen LogP contribution in [0, 0.1) is 0 Å². The molecule has 1 amide bonds. The zero-order valence-electron chi connectivity index (χ0n) is 17.9. The van der Waals surface area contributed by atoms with E-state index in [0.717, 1.165) is 12.1 Å². The molecule has 0 bridgehead atoms. The Morgan fingerprint density at radius 2 is 1.19 bits per heavy atom. The van der Waals surface area contributed by atoms with Crippen LogP contribution in [-0.2, 0) is 37.2 Å². The highest BCUT2D eigenvalue weighted by Gasteiger charge is 2.32. The molecule has 0 spiro atoms. The van der Waals surface area contributed by atoms with Crippen LogP contribution in [0.5, 0.6) is 0 Å². The topological polar surface area (TPSA) is 142 Å². The van der Waals surface area contributed by atoms with Crippen molar-refractivity contribution in [2.45, 2.75) is 41.0 Å². The molecule has 2 aromatic rings. The maximum atomic E-state index is 12.7. The molecule has 4 N–H and O–H groups in total. The number of benzene rings is 2. The Labute approximate surface area is 201 Å². The normalized spacial score (nSPS) is 13.9. The molecule has 0 fully saturated rings. The minimum Gasteiger partial charge on any atom is -0.289 e. The van der Waals surface area contributed by atoms with Crippen LogP contribution in [0.3, 0.4) is 0 Å². The van der Waals surface area contributed by atoms with E-state index in [2.05, 4.69) is 4.72 Å². The molecule has 1 atom stereocenters. The molecular weight excluding hydrogens is 544 g/mol. The average molecular weight is 563 g/mol. The van der Waals surface area contributed by atoms with Gasteiger partial charge in [0.1, 0.15) is 6.04 Å². The molecule has 0 aliphatic heterocycles. The molecule has 2 aromatic carbocycles. The van der Waals surface area contributed by atoms with E-state index in [1.54, 1.807) is 0 Å². The number of sulfonamides is 2. The highest BCUT2D eigenvalue weighted by Crippen LogP contribution is 2.30. The van der Waals surface area contributed by atoms with E-state index in [1.165, 1.54) is 5.48 Å². The molecule has 200 valence electrons. The fourth-order valence-electron chi connectivity index (χ4n) is 2.82. The van der Waals surface area contributed by atoms with E-state index in [0.29, 0.717) is 36.4 Å². The second-order valence-electron chi connectivity index (χ2n) is 7.23. The number of nitrogens with one attached hydrogen (secondary N) is 3. The maximum Gasteiger partial charge on any atom is 0.416 e. The third-order valence-corrected chi connectivity index (χ3v) is 7.63. The first-order valence-corrected chi connectivity index (χ1v) is 12.7. The highest BCUT2D eigenvalue weighted by molar-refractivity contribution is 7.89. The molecule has 0 radical (unpaired) electrons. The highest BCUT2D eigenvalue weighted by atomic mass is 32.2. The van der Waals surface area contributed by atoms with E-state index >= 15 is 0 Å². The summed E-state index contributed by atoms with van der Waals surface area (Å²) in [5.74, 6) is -1.23. The van der Waals surface area contributed by atoms with E-state index < -0.39 is 65.3 Å². The fraction of sp³-hybridized carbons (Fsp3) is 0.316. The van der Waals surface area contributed by atoms with Crippen molar-refractivity contribution in [3.63, 3.8) is 0 Å². The summed E-state index contributed by atoms with van der Waals surface area (Å²) >= 11 is 0. The van der Waals surface area contributed by atoms with E-state index in [9.17, 15) is 48.0 Å². The molecule has 9 nitrogen and oxygen atoms in total. The predicted molar refractivity (Wildman–Crippen MR) is 111 cm³/mol. The van der Waals surface area contributed by atoms with Gasteiger partial charge in [0.2, 0.25) is 20.0 Å². The number of alkyl halides is 6. The van der Waals surface area contributed by atoms with Gasteiger partial charge in [0.15, 0.2) is 0 Å². The Morgan fingerprint density at radius 3 is 1.58 bits per heavy atom. The molecule has 0 aromatic heterocycles. The van der Waals surface area contributed by atoms with Crippen molar-refractivity contribution < 1.29 is 53.2 Å². The molecule has 0 aliphatic carbocycles. The number of hydrogen-bond donors (Lipinski definition) is 4. The summed E-state index contributed by atoms with van der Waals surface area (Å²) in [6, 6.07) is 3.36. The van der Waals surface area contributed by atoms with Crippen molar-refractivity contribution in [1.29, 1.82) is 0 Å². The third-order valence-electron chi connectivity index (χ3n) is 4.67. The summed E-state index contributed by atoms with van der Waals surface area (Å²) in [5, 5.41) is 8.86. The summed E-state index contributed by atoms with van der Waals surface area (Å²) < 4.78 is 129. The molecule has 0 saturated carbocycles. The van der Waals surface area contributed by atoms with Gasteiger partial charge in [0.05, 0.1) is 20.9 Å². The van der Waals surface area contributed by atoms with Gasteiger partial charge in [-0.05, 0) is 61.4 Å². The standard InChI is InChI=1S/C19H19F6N3O6S2/c20-18(21,22)12-3-7-14(8-4-12)35(31,32)26-11-1-2-16(17(29)27-30)28-36(33,34)15-9-5-13(6-10-15)19(23,24)25/h3-10,16,26,28,30H,1-2,11H2,(H,27,29)/t16-/m0/s1. The summed E-state index contributed by atoms with van der Waals surface area (Å²) in [6.07, 6.45) is -9.93. The van der Waals surface area contributed by atoms with Gasteiger partial charge < -0.3 is 0 Å². The lowest BCUT2D eigenvalue weighted by Gasteiger charge is -2.17. The van der Waals surface area contributed by atoms with E-state index in [1.807, 2.05) is 4.72 Å². The first-order valence-electron chi connectivity index (χ1n) is 9.78. The summed E-state index contributed by atoms with van der Waals surface area (Å²) in [4.78, 5) is 10.8.